The zero-order valence-electron chi connectivity index (χ0n) is 5.68. The SMILES string of the molecule is CCC1C(N)CCN1I. The summed E-state index contributed by atoms with van der Waals surface area (Å²) >= 11 is 2.36. The fraction of sp³-hybridized carbons (Fsp3) is 1.00. The molecule has 0 aliphatic carbocycles. The fourth-order valence-electron chi connectivity index (χ4n) is 1.34. The highest BCUT2D eigenvalue weighted by atomic mass is 127. The summed E-state index contributed by atoms with van der Waals surface area (Å²) in [5, 5.41) is 0. The lowest BCUT2D eigenvalue weighted by Crippen LogP contribution is -2.33. The van der Waals surface area contributed by atoms with Crippen molar-refractivity contribution in [3.05, 3.63) is 0 Å². The van der Waals surface area contributed by atoms with E-state index in [0.29, 0.717) is 12.1 Å². The lowest BCUT2D eigenvalue weighted by atomic mass is 10.1. The van der Waals surface area contributed by atoms with Crippen molar-refractivity contribution in [2.75, 3.05) is 6.54 Å². The summed E-state index contributed by atoms with van der Waals surface area (Å²) < 4.78 is 2.32. The predicted molar refractivity (Wildman–Crippen MR) is 47.4 cm³/mol. The van der Waals surface area contributed by atoms with Crippen molar-refractivity contribution in [1.82, 2.24) is 3.11 Å². The standard InChI is InChI=1S/C6H13IN2/c1-2-6-5(8)3-4-9(6)7/h5-6H,2-4,8H2,1H3. The minimum Gasteiger partial charge on any atom is -0.326 e. The number of rotatable bonds is 1. The molecular weight excluding hydrogens is 227 g/mol. The first-order valence-electron chi connectivity index (χ1n) is 3.43. The lowest BCUT2D eigenvalue weighted by Gasteiger charge is -2.18. The second-order valence-electron chi connectivity index (χ2n) is 2.55. The Morgan fingerprint density at radius 2 is 2.44 bits per heavy atom. The van der Waals surface area contributed by atoms with E-state index < -0.39 is 0 Å². The first-order valence-corrected chi connectivity index (χ1v) is 4.40. The highest BCUT2D eigenvalue weighted by Gasteiger charge is 2.27. The Balaban J connectivity index is 2.44. The Kier molecular flexibility index (Phi) is 2.73. The van der Waals surface area contributed by atoms with Gasteiger partial charge in [-0.15, -0.1) is 0 Å². The summed E-state index contributed by atoms with van der Waals surface area (Å²) in [6.07, 6.45) is 2.35. The van der Waals surface area contributed by atoms with Crippen LogP contribution < -0.4 is 5.73 Å². The van der Waals surface area contributed by atoms with Gasteiger partial charge in [0.1, 0.15) is 0 Å². The molecule has 2 atom stereocenters. The van der Waals surface area contributed by atoms with Gasteiger partial charge >= 0.3 is 0 Å². The van der Waals surface area contributed by atoms with Crippen LogP contribution in [0.15, 0.2) is 0 Å². The Morgan fingerprint density at radius 1 is 1.78 bits per heavy atom. The first-order chi connectivity index (χ1) is 4.25. The molecule has 0 saturated carbocycles. The summed E-state index contributed by atoms with van der Waals surface area (Å²) in [6.45, 7) is 3.36. The molecule has 1 rings (SSSR count). The van der Waals surface area contributed by atoms with Crippen molar-refractivity contribution in [3.63, 3.8) is 0 Å². The molecule has 1 saturated heterocycles. The fourth-order valence-corrected chi connectivity index (χ4v) is 2.42. The van der Waals surface area contributed by atoms with Crippen LogP contribution in [-0.4, -0.2) is 21.7 Å². The molecule has 9 heavy (non-hydrogen) atoms. The van der Waals surface area contributed by atoms with Gasteiger partial charge in [-0.25, -0.2) is 3.11 Å². The summed E-state index contributed by atoms with van der Waals surface area (Å²) in [5.41, 5.74) is 5.83. The van der Waals surface area contributed by atoms with Crippen LogP contribution in [0.25, 0.3) is 0 Å². The van der Waals surface area contributed by atoms with Crippen LogP contribution in [0.3, 0.4) is 0 Å². The van der Waals surface area contributed by atoms with E-state index in [4.69, 9.17) is 5.73 Å². The second kappa shape index (κ2) is 3.16. The molecule has 54 valence electrons. The van der Waals surface area contributed by atoms with Gasteiger partial charge in [0.05, 0.1) is 0 Å². The normalized spacial score (nSPS) is 37.7. The van der Waals surface area contributed by atoms with Crippen LogP contribution >= 0.6 is 22.9 Å². The first kappa shape index (κ1) is 7.75. The van der Waals surface area contributed by atoms with Crippen molar-refractivity contribution in [1.29, 1.82) is 0 Å². The maximum absolute atomic E-state index is 5.83. The number of hydrogen-bond donors (Lipinski definition) is 1. The van der Waals surface area contributed by atoms with Gasteiger partial charge in [-0.3, -0.25) is 0 Å². The Morgan fingerprint density at radius 3 is 2.67 bits per heavy atom. The average molecular weight is 240 g/mol. The van der Waals surface area contributed by atoms with Crippen molar-refractivity contribution in [2.24, 2.45) is 5.73 Å². The van der Waals surface area contributed by atoms with Crippen LogP contribution in [0.2, 0.25) is 0 Å². The summed E-state index contributed by atoms with van der Waals surface area (Å²) in [7, 11) is 0. The van der Waals surface area contributed by atoms with Crippen molar-refractivity contribution in [2.45, 2.75) is 31.8 Å². The van der Waals surface area contributed by atoms with Crippen molar-refractivity contribution < 1.29 is 0 Å². The van der Waals surface area contributed by atoms with Crippen LogP contribution in [-0.2, 0) is 0 Å². The molecule has 0 spiro atoms. The van der Waals surface area contributed by atoms with Gasteiger partial charge in [0.25, 0.3) is 0 Å². The zero-order chi connectivity index (χ0) is 6.85. The van der Waals surface area contributed by atoms with Crippen LogP contribution in [0.1, 0.15) is 19.8 Å². The molecular formula is C6H13IN2. The molecule has 0 aromatic heterocycles. The maximum atomic E-state index is 5.83. The zero-order valence-corrected chi connectivity index (χ0v) is 7.84. The van der Waals surface area contributed by atoms with Gasteiger partial charge in [0.2, 0.25) is 0 Å². The molecule has 1 fully saturated rings. The molecule has 1 heterocycles. The van der Waals surface area contributed by atoms with E-state index in [9.17, 15) is 0 Å². The summed E-state index contributed by atoms with van der Waals surface area (Å²) in [5.74, 6) is 0. The number of nitrogens with two attached hydrogens (primary N) is 1. The van der Waals surface area contributed by atoms with E-state index in [1.807, 2.05) is 0 Å². The van der Waals surface area contributed by atoms with Crippen LogP contribution in [0, 0.1) is 0 Å². The Labute approximate surface area is 70.3 Å². The van der Waals surface area contributed by atoms with Gasteiger partial charge in [-0.1, -0.05) is 6.92 Å². The van der Waals surface area contributed by atoms with Gasteiger partial charge in [-0.05, 0) is 12.8 Å². The number of nitrogens with zero attached hydrogens (tertiary/aromatic N) is 1. The monoisotopic (exact) mass is 240 g/mol. The Hall–Kier alpha value is 0.650. The molecule has 2 N–H and O–H groups in total. The van der Waals surface area contributed by atoms with Crippen molar-refractivity contribution in [3.8, 4) is 0 Å². The topological polar surface area (TPSA) is 29.3 Å². The van der Waals surface area contributed by atoms with E-state index in [1.165, 1.54) is 19.4 Å². The highest BCUT2D eigenvalue weighted by molar-refractivity contribution is 14.1. The van der Waals surface area contributed by atoms with Gasteiger partial charge < -0.3 is 5.73 Å². The molecule has 0 aromatic rings. The molecule has 0 radical (unpaired) electrons. The third-order valence-corrected chi connectivity index (χ3v) is 3.15. The quantitative estimate of drug-likeness (QED) is 0.550. The highest BCUT2D eigenvalue weighted by Crippen LogP contribution is 2.22. The number of halogens is 1. The Bertz CT molecular complexity index is 87.1. The summed E-state index contributed by atoms with van der Waals surface area (Å²) in [6, 6.07) is 1.05. The van der Waals surface area contributed by atoms with E-state index in [1.54, 1.807) is 0 Å². The molecule has 2 nitrogen and oxygen atoms in total. The van der Waals surface area contributed by atoms with E-state index in [0.717, 1.165) is 0 Å². The third-order valence-electron chi connectivity index (χ3n) is 1.95. The molecule has 0 aromatic carbocycles. The summed E-state index contributed by atoms with van der Waals surface area (Å²) in [4.78, 5) is 0. The van der Waals surface area contributed by atoms with E-state index in [-0.39, 0.29) is 0 Å². The predicted octanol–water partition coefficient (Wildman–Crippen LogP) is 1.15. The third kappa shape index (κ3) is 1.56. The van der Waals surface area contributed by atoms with Crippen molar-refractivity contribution >= 4 is 22.9 Å². The lowest BCUT2D eigenvalue weighted by molar-refractivity contribution is 0.427. The maximum Gasteiger partial charge on any atom is 0.0343 e. The molecule has 1 aliphatic rings. The van der Waals surface area contributed by atoms with Crippen LogP contribution in [0.4, 0.5) is 0 Å². The average Bonchev–Trinajstić information content (AvgIpc) is 2.12. The van der Waals surface area contributed by atoms with Crippen LogP contribution in [0.5, 0.6) is 0 Å². The van der Waals surface area contributed by atoms with Gasteiger partial charge in [0.15, 0.2) is 0 Å². The molecule has 1 aliphatic heterocycles. The molecule has 3 heteroatoms. The largest absolute Gasteiger partial charge is 0.326 e. The second-order valence-corrected chi connectivity index (χ2v) is 3.79. The molecule has 0 bridgehead atoms. The van der Waals surface area contributed by atoms with Gasteiger partial charge in [-0.2, -0.15) is 0 Å². The number of hydrogen-bond acceptors (Lipinski definition) is 2. The molecule has 2 unspecified atom stereocenters. The van der Waals surface area contributed by atoms with E-state index in [2.05, 4.69) is 32.9 Å². The smallest absolute Gasteiger partial charge is 0.0343 e. The van der Waals surface area contributed by atoms with Gasteiger partial charge in [0, 0.05) is 41.5 Å². The minimum atomic E-state index is 0.423. The van der Waals surface area contributed by atoms with E-state index >= 15 is 0 Å². The minimum absolute atomic E-state index is 0.423. The molecule has 0 amide bonds.